The zero-order valence-electron chi connectivity index (χ0n) is 11.9. The molecule has 98 valence electrons. The van der Waals surface area contributed by atoms with Gasteiger partial charge < -0.3 is 5.32 Å². The number of nitrogens with zero attached hydrogens (tertiary/aromatic N) is 1. The summed E-state index contributed by atoms with van der Waals surface area (Å²) in [7, 11) is 2.28. The first-order chi connectivity index (χ1) is 7.58. The summed E-state index contributed by atoms with van der Waals surface area (Å²) in [5.41, 5.74) is 0. The second-order valence-corrected chi connectivity index (χ2v) is 5.71. The van der Waals surface area contributed by atoms with Crippen LogP contribution in [-0.2, 0) is 0 Å². The van der Waals surface area contributed by atoms with Crippen LogP contribution in [0.3, 0.4) is 0 Å². The van der Waals surface area contributed by atoms with Crippen molar-refractivity contribution >= 4 is 11.8 Å². The van der Waals surface area contributed by atoms with Crippen LogP contribution in [0.1, 0.15) is 34.1 Å². The van der Waals surface area contributed by atoms with Crippen LogP contribution in [0.15, 0.2) is 0 Å². The molecule has 0 saturated heterocycles. The second-order valence-electron chi connectivity index (χ2n) is 4.80. The molecule has 0 fully saturated rings. The third kappa shape index (κ3) is 5.55. The first kappa shape index (κ1) is 16.3. The molecule has 0 spiro atoms. The molecule has 0 rings (SSSR count). The smallest absolute Gasteiger partial charge is 0.0243 e. The van der Waals surface area contributed by atoms with E-state index < -0.39 is 0 Å². The van der Waals surface area contributed by atoms with Gasteiger partial charge in [-0.05, 0) is 32.2 Å². The summed E-state index contributed by atoms with van der Waals surface area (Å²) >= 11 is 1.95. The van der Waals surface area contributed by atoms with E-state index in [-0.39, 0.29) is 0 Å². The normalized spacial score (nSPS) is 15.8. The molecule has 2 atom stereocenters. The van der Waals surface area contributed by atoms with Crippen LogP contribution in [0.2, 0.25) is 0 Å². The molecular weight excluding hydrogens is 216 g/mol. The fourth-order valence-corrected chi connectivity index (χ4v) is 2.98. The Hall–Kier alpha value is 0.270. The lowest BCUT2D eigenvalue weighted by Crippen LogP contribution is -2.49. The highest BCUT2D eigenvalue weighted by Crippen LogP contribution is 2.16. The van der Waals surface area contributed by atoms with Crippen molar-refractivity contribution in [2.24, 2.45) is 5.92 Å². The zero-order chi connectivity index (χ0) is 12.6. The number of hydrogen-bond donors (Lipinski definition) is 1. The molecule has 0 heterocycles. The average molecular weight is 246 g/mol. The van der Waals surface area contributed by atoms with Crippen LogP contribution in [0.4, 0.5) is 0 Å². The van der Waals surface area contributed by atoms with Crippen molar-refractivity contribution < 1.29 is 0 Å². The van der Waals surface area contributed by atoms with Gasteiger partial charge in [0.2, 0.25) is 0 Å². The molecule has 0 aromatic rings. The second kappa shape index (κ2) is 9.32. The van der Waals surface area contributed by atoms with Gasteiger partial charge in [0, 0.05) is 24.4 Å². The maximum Gasteiger partial charge on any atom is 0.0243 e. The Kier molecular flexibility index (Phi) is 9.47. The number of thioether (sulfide) groups is 1. The van der Waals surface area contributed by atoms with Gasteiger partial charge in [0.15, 0.2) is 0 Å². The molecule has 0 bridgehead atoms. The monoisotopic (exact) mass is 246 g/mol. The van der Waals surface area contributed by atoms with E-state index in [0.29, 0.717) is 18.0 Å². The molecule has 0 aromatic carbocycles. The molecule has 0 saturated carbocycles. The Morgan fingerprint density at radius 2 is 1.88 bits per heavy atom. The highest BCUT2D eigenvalue weighted by molar-refractivity contribution is 7.98. The number of nitrogens with one attached hydrogen (secondary N) is 1. The van der Waals surface area contributed by atoms with E-state index >= 15 is 0 Å². The third-order valence-electron chi connectivity index (χ3n) is 3.30. The van der Waals surface area contributed by atoms with E-state index in [0.717, 1.165) is 13.1 Å². The van der Waals surface area contributed by atoms with E-state index in [4.69, 9.17) is 0 Å². The lowest BCUT2D eigenvalue weighted by Gasteiger charge is -2.37. The van der Waals surface area contributed by atoms with E-state index in [1.807, 2.05) is 11.8 Å². The SMILES string of the molecule is CCNCC(C(C)C)N(C)C(CC)CSC. The molecule has 0 aliphatic carbocycles. The van der Waals surface area contributed by atoms with E-state index in [9.17, 15) is 0 Å². The molecule has 16 heavy (non-hydrogen) atoms. The van der Waals surface area contributed by atoms with Gasteiger partial charge in [0.1, 0.15) is 0 Å². The van der Waals surface area contributed by atoms with Crippen molar-refractivity contribution in [2.75, 3.05) is 32.1 Å². The summed E-state index contributed by atoms with van der Waals surface area (Å²) in [6, 6.07) is 1.36. The average Bonchev–Trinajstić information content (AvgIpc) is 2.25. The van der Waals surface area contributed by atoms with Crippen LogP contribution in [-0.4, -0.2) is 49.1 Å². The Morgan fingerprint density at radius 1 is 1.25 bits per heavy atom. The summed E-state index contributed by atoms with van der Waals surface area (Å²) in [4.78, 5) is 2.57. The zero-order valence-corrected chi connectivity index (χ0v) is 12.7. The largest absolute Gasteiger partial charge is 0.315 e. The number of hydrogen-bond acceptors (Lipinski definition) is 3. The molecule has 0 amide bonds. The van der Waals surface area contributed by atoms with Crippen molar-refractivity contribution in [3.05, 3.63) is 0 Å². The Balaban J connectivity index is 4.37. The molecule has 1 N–H and O–H groups in total. The number of rotatable bonds is 9. The van der Waals surface area contributed by atoms with Crippen molar-refractivity contribution in [3.63, 3.8) is 0 Å². The van der Waals surface area contributed by atoms with Gasteiger partial charge in [-0.3, -0.25) is 4.90 Å². The fourth-order valence-electron chi connectivity index (χ4n) is 2.13. The standard InChI is InChI=1S/C13H30N2S/c1-7-12(10-16-6)15(5)13(11(3)4)9-14-8-2/h11-14H,7-10H2,1-6H3. The maximum absolute atomic E-state index is 3.48. The molecule has 0 radical (unpaired) electrons. The Morgan fingerprint density at radius 3 is 2.25 bits per heavy atom. The van der Waals surface area contributed by atoms with Gasteiger partial charge in [-0.15, -0.1) is 0 Å². The van der Waals surface area contributed by atoms with Gasteiger partial charge in [0.25, 0.3) is 0 Å². The summed E-state index contributed by atoms with van der Waals surface area (Å²) in [6.07, 6.45) is 3.44. The van der Waals surface area contributed by atoms with Crippen molar-refractivity contribution in [3.8, 4) is 0 Å². The molecule has 2 nitrogen and oxygen atoms in total. The molecular formula is C13H30N2S. The summed E-state index contributed by atoms with van der Waals surface area (Å²) in [6.45, 7) is 11.3. The summed E-state index contributed by atoms with van der Waals surface area (Å²) < 4.78 is 0. The van der Waals surface area contributed by atoms with Crippen LogP contribution in [0, 0.1) is 5.92 Å². The van der Waals surface area contributed by atoms with Crippen molar-refractivity contribution in [2.45, 2.75) is 46.2 Å². The minimum atomic E-state index is 0.650. The van der Waals surface area contributed by atoms with Gasteiger partial charge in [-0.2, -0.15) is 11.8 Å². The Bertz CT molecular complexity index is 162. The highest BCUT2D eigenvalue weighted by Gasteiger charge is 2.23. The van der Waals surface area contributed by atoms with E-state index in [1.165, 1.54) is 12.2 Å². The predicted molar refractivity (Wildman–Crippen MR) is 77.4 cm³/mol. The van der Waals surface area contributed by atoms with Gasteiger partial charge in [-0.1, -0.05) is 27.7 Å². The third-order valence-corrected chi connectivity index (χ3v) is 4.02. The minimum absolute atomic E-state index is 0.650. The van der Waals surface area contributed by atoms with E-state index in [2.05, 4.69) is 51.2 Å². The van der Waals surface area contributed by atoms with Crippen LogP contribution in [0.5, 0.6) is 0 Å². The van der Waals surface area contributed by atoms with Gasteiger partial charge in [0.05, 0.1) is 0 Å². The molecule has 3 heteroatoms. The lowest BCUT2D eigenvalue weighted by atomic mass is 10.0. The van der Waals surface area contributed by atoms with E-state index in [1.54, 1.807) is 0 Å². The molecule has 0 aliphatic rings. The first-order valence-electron chi connectivity index (χ1n) is 6.49. The predicted octanol–water partition coefficient (Wildman–Crippen LogP) is 2.69. The quantitative estimate of drug-likeness (QED) is 0.673. The first-order valence-corrected chi connectivity index (χ1v) is 7.89. The van der Waals surface area contributed by atoms with Gasteiger partial charge >= 0.3 is 0 Å². The maximum atomic E-state index is 3.48. The number of likely N-dealkylation sites (N-methyl/N-ethyl adjacent to an activating group) is 2. The van der Waals surface area contributed by atoms with Crippen LogP contribution in [0.25, 0.3) is 0 Å². The minimum Gasteiger partial charge on any atom is -0.315 e. The lowest BCUT2D eigenvalue weighted by molar-refractivity contribution is 0.141. The molecule has 0 aliphatic heterocycles. The molecule has 2 unspecified atom stereocenters. The van der Waals surface area contributed by atoms with Crippen LogP contribution >= 0.6 is 11.8 Å². The van der Waals surface area contributed by atoms with Gasteiger partial charge in [-0.25, -0.2) is 0 Å². The van der Waals surface area contributed by atoms with Crippen molar-refractivity contribution in [1.29, 1.82) is 0 Å². The fraction of sp³-hybridized carbons (Fsp3) is 1.00. The highest BCUT2D eigenvalue weighted by atomic mass is 32.2. The van der Waals surface area contributed by atoms with Crippen LogP contribution < -0.4 is 5.32 Å². The van der Waals surface area contributed by atoms with Crippen molar-refractivity contribution in [1.82, 2.24) is 10.2 Å². The topological polar surface area (TPSA) is 15.3 Å². The summed E-state index contributed by atoms with van der Waals surface area (Å²) in [5, 5.41) is 3.48. The summed E-state index contributed by atoms with van der Waals surface area (Å²) in [5.74, 6) is 1.95. The molecule has 0 aromatic heterocycles. The Labute approximate surface area is 107 Å².